The first-order valence-corrected chi connectivity index (χ1v) is 5.91. The fourth-order valence-electron chi connectivity index (χ4n) is 1.22. The molecule has 0 saturated heterocycles. The van der Waals surface area contributed by atoms with E-state index in [0.717, 1.165) is 13.2 Å². The number of ether oxygens (including phenoxy) is 2. The van der Waals surface area contributed by atoms with E-state index in [-0.39, 0.29) is 21.4 Å². The lowest BCUT2D eigenvalue weighted by atomic mass is 10.1. The third kappa shape index (κ3) is 4.80. The maximum atomic E-state index is 12.8. The first kappa shape index (κ1) is 15.9. The summed E-state index contributed by atoms with van der Waals surface area (Å²) >= 11 is 1.51. The number of hydrogen-bond acceptors (Lipinski definition) is 4. The third-order valence-electron chi connectivity index (χ3n) is 2.02. The Morgan fingerprint density at radius 1 is 1.47 bits per heavy atom. The van der Waals surface area contributed by atoms with Gasteiger partial charge < -0.3 is 9.47 Å². The van der Waals surface area contributed by atoms with Crippen LogP contribution in [0.1, 0.15) is 11.3 Å². The number of esters is 1. The van der Waals surface area contributed by atoms with Crippen molar-refractivity contribution < 1.29 is 31.8 Å². The summed E-state index contributed by atoms with van der Waals surface area (Å²) in [6.07, 6.45) is -5.21. The highest BCUT2D eigenvalue weighted by Gasteiger charge is 2.32. The number of hydrogen-bond donors (Lipinski definition) is 0. The predicted molar refractivity (Wildman–Crippen MR) is 64.2 cm³/mol. The smallest absolute Gasteiger partial charge is 0.469 e. The van der Waals surface area contributed by atoms with Crippen LogP contribution in [0.25, 0.3) is 0 Å². The lowest BCUT2D eigenvalue weighted by Gasteiger charge is -2.13. The molecule has 0 aliphatic rings. The van der Waals surface area contributed by atoms with Gasteiger partial charge in [-0.25, -0.2) is 9.37 Å². The molecule has 0 amide bonds. The number of pyridine rings is 1. The van der Waals surface area contributed by atoms with Crippen molar-refractivity contribution in [3.05, 3.63) is 21.0 Å². The van der Waals surface area contributed by atoms with Crippen molar-refractivity contribution in [1.82, 2.24) is 4.98 Å². The summed E-state index contributed by atoms with van der Waals surface area (Å²) in [5.74, 6) is -1.27. The Hall–Kier alpha value is -1.13. The van der Waals surface area contributed by atoms with Crippen LogP contribution >= 0.6 is 22.6 Å². The van der Waals surface area contributed by atoms with Gasteiger partial charge in [0.05, 0.1) is 19.2 Å². The monoisotopic (exact) mass is 393 g/mol. The zero-order valence-electron chi connectivity index (χ0n) is 9.55. The molecule has 1 rings (SSSR count). The lowest BCUT2D eigenvalue weighted by molar-refractivity contribution is -0.275. The van der Waals surface area contributed by atoms with Gasteiger partial charge in [0.25, 0.3) is 0 Å². The number of rotatable bonds is 4. The molecule has 1 heterocycles. The Morgan fingerprint density at radius 3 is 2.58 bits per heavy atom. The normalized spacial score (nSPS) is 11.3. The molecular weight excluding hydrogens is 385 g/mol. The highest BCUT2D eigenvalue weighted by Crippen LogP contribution is 2.29. The molecule has 9 heteroatoms. The van der Waals surface area contributed by atoms with Gasteiger partial charge in [0.2, 0.25) is 0 Å². The van der Waals surface area contributed by atoms with Crippen LogP contribution in [0.5, 0.6) is 5.75 Å². The molecule has 0 N–H and O–H groups in total. The van der Waals surface area contributed by atoms with E-state index in [1.165, 1.54) is 22.6 Å². The highest BCUT2D eigenvalue weighted by molar-refractivity contribution is 14.1. The van der Waals surface area contributed by atoms with E-state index in [1.54, 1.807) is 0 Å². The Morgan fingerprint density at radius 2 is 2.11 bits per heavy atom. The van der Waals surface area contributed by atoms with E-state index in [0.29, 0.717) is 0 Å². The van der Waals surface area contributed by atoms with Crippen LogP contribution in [-0.2, 0) is 22.6 Å². The third-order valence-corrected chi connectivity index (χ3v) is 2.79. The van der Waals surface area contributed by atoms with Gasteiger partial charge in [-0.15, -0.1) is 13.2 Å². The summed E-state index contributed by atoms with van der Waals surface area (Å²) in [7, 11) is 1.14. The first-order valence-electron chi connectivity index (χ1n) is 4.83. The molecular formula is C10H8F4INO3. The van der Waals surface area contributed by atoms with Crippen LogP contribution in [0.15, 0.2) is 6.07 Å². The van der Waals surface area contributed by atoms with Crippen LogP contribution in [0.3, 0.4) is 0 Å². The van der Waals surface area contributed by atoms with E-state index < -0.39 is 24.8 Å². The van der Waals surface area contributed by atoms with Crippen LogP contribution in [-0.4, -0.2) is 24.4 Å². The molecule has 106 valence electrons. The summed E-state index contributed by atoms with van der Waals surface area (Å²) in [5, 5.41) is 0. The Labute approximate surface area is 119 Å². The van der Waals surface area contributed by atoms with Gasteiger partial charge in [-0.2, -0.15) is 0 Å². The van der Waals surface area contributed by atoms with Gasteiger partial charge >= 0.3 is 12.3 Å². The summed E-state index contributed by atoms with van der Waals surface area (Å²) in [4.78, 5) is 14.8. The molecule has 0 spiro atoms. The predicted octanol–water partition coefficient (Wildman–Crippen LogP) is 2.77. The van der Waals surface area contributed by atoms with Crippen LogP contribution in [0.2, 0.25) is 0 Å². The average Bonchev–Trinajstić information content (AvgIpc) is 2.30. The molecule has 0 saturated carbocycles. The van der Waals surface area contributed by atoms with Gasteiger partial charge in [0.1, 0.15) is 10.4 Å². The molecule has 0 unspecified atom stereocenters. The first-order chi connectivity index (χ1) is 8.76. The quantitative estimate of drug-likeness (QED) is 0.342. The average molecular weight is 393 g/mol. The molecule has 0 fully saturated rings. The zero-order valence-corrected chi connectivity index (χ0v) is 11.7. The van der Waals surface area contributed by atoms with Crippen molar-refractivity contribution in [3.63, 3.8) is 0 Å². The molecule has 0 atom stereocenters. The Kier molecular flexibility index (Phi) is 5.32. The number of nitrogens with zero attached hydrogens (tertiary/aromatic N) is 1. The summed E-state index contributed by atoms with van der Waals surface area (Å²) < 4.78 is 57.0. The van der Waals surface area contributed by atoms with E-state index in [9.17, 15) is 22.4 Å². The van der Waals surface area contributed by atoms with Gasteiger partial charge in [-0.3, -0.25) is 4.79 Å². The van der Waals surface area contributed by atoms with Crippen LogP contribution in [0, 0.1) is 3.70 Å². The molecule has 19 heavy (non-hydrogen) atoms. The van der Waals surface area contributed by atoms with E-state index >= 15 is 0 Å². The number of carbonyl (C=O) groups excluding carboxylic acids is 1. The number of aromatic nitrogens is 1. The zero-order chi connectivity index (χ0) is 14.6. The van der Waals surface area contributed by atoms with E-state index in [2.05, 4.69) is 14.5 Å². The second-order valence-corrected chi connectivity index (χ2v) is 4.34. The topological polar surface area (TPSA) is 48.4 Å². The largest absolute Gasteiger partial charge is 0.573 e. The maximum absolute atomic E-state index is 12.8. The van der Waals surface area contributed by atoms with Gasteiger partial charge in [0.15, 0.2) is 5.75 Å². The fourth-order valence-corrected chi connectivity index (χ4v) is 1.78. The second kappa shape index (κ2) is 6.35. The van der Waals surface area contributed by atoms with Crippen LogP contribution < -0.4 is 4.74 Å². The second-order valence-electron chi connectivity index (χ2n) is 3.32. The maximum Gasteiger partial charge on any atom is 0.573 e. The minimum absolute atomic E-state index is 0.0216. The number of carbonyl (C=O) groups is 1. The minimum Gasteiger partial charge on any atom is -0.469 e. The molecule has 0 bridgehead atoms. The molecule has 1 aromatic rings. The van der Waals surface area contributed by atoms with Crippen molar-refractivity contribution in [1.29, 1.82) is 0 Å². The molecule has 1 aromatic heterocycles. The summed E-state index contributed by atoms with van der Waals surface area (Å²) in [6.45, 7) is -1.07. The van der Waals surface area contributed by atoms with Gasteiger partial charge in [-0.05, 0) is 28.7 Å². The molecule has 0 aliphatic heterocycles. The molecule has 0 aromatic carbocycles. The van der Waals surface area contributed by atoms with Crippen molar-refractivity contribution in [2.45, 2.75) is 19.5 Å². The molecule has 4 nitrogen and oxygen atoms in total. The minimum atomic E-state index is -4.89. The van der Waals surface area contributed by atoms with E-state index in [1.807, 2.05) is 0 Å². The van der Waals surface area contributed by atoms with Gasteiger partial charge in [-0.1, -0.05) is 0 Å². The number of methoxy groups -OCH3 is 1. The Balaban J connectivity index is 3.10. The fraction of sp³-hybridized carbons (Fsp3) is 0.400. The number of alkyl halides is 4. The summed E-state index contributed by atoms with van der Waals surface area (Å²) in [6, 6.07) is 0.876. The van der Waals surface area contributed by atoms with Crippen molar-refractivity contribution in [2.75, 3.05) is 7.11 Å². The standard InChI is InChI=1S/C10H8F4INO3/c1-18-8(17)3-6-5(4-11)2-7(9(15)16-6)19-10(12,13)14/h2H,3-4H2,1H3. The van der Waals surface area contributed by atoms with Gasteiger partial charge in [0, 0.05) is 5.56 Å². The Bertz CT molecular complexity index is 479. The molecule has 0 aliphatic carbocycles. The van der Waals surface area contributed by atoms with Crippen molar-refractivity contribution in [2.24, 2.45) is 0 Å². The SMILES string of the molecule is COC(=O)Cc1nc(I)c(OC(F)(F)F)cc1CF. The van der Waals surface area contributed by atoms with Crippen molar-refractivity contribution >= 4 is 28.6 Å². The molecule has 0 radical (unpaired) electrons. The summed E-state index contributed by atoms with van der Waals surface area (Å²) in [5.41, 5.74) is -0.127. The van der Waals surface area contributed by atoms with E-state index in [4.69, 9.17) is 0 Å². The number of halogens is 5. The lowest BCUT2D eigenvalue weighted by Crippen LogP contribution is -2.19. The highest BCUT2D eigenvalue weighted by atomic mass is 127. The van der Waals surface area contributed by atoms with Crippen LogP contribution in [0.4, 0.5) is 17.6 Å². The van der Waals surface area contributed by atoms with Crippen molar-refractivity contribution in [3.8, 4) is 5.75 Å².